The van der Waals surface area contributed by atoms with Gasteiger partial charge in [-0.25, -0.2) is 9.78 Å². The molecule has 1 atom stereocenters. The summed E-state index contributed by atoms with van der Waals surface area (Å²) in [6, 6.07) is 18.1. The van der Waals surface area contributed by atoms with Gasteiger partial charge in [0.15, 0.2) is 0 Å². The van der Waals surface area contributed by atoms with Gasteiger partial charge in [-0.1, -0.05) is 18.2 Å². The van der Waals surface area contributed by atoms with Gasteiger partial charge < -0.3 is 25.2 Å². The normalized spacial score (nSPS) is 16.5. The number of urea groups is 1. The summed E-state index contributed by atoms with van der Waals surface area (Å²) >= 11 is 1.21. The maximum absolute atomic E-state index is 13.7. The number of amides is 4. The number of aryl methyl sites for hydroxylation is 1. The van der Waals surface area contributed by atoms with E-state index in [0.717, 1.165) is 5.56 Å². The van der Waals surface area contributed by atoms with Crippen molar-refractivity contribution in [3.05, 3.63) is 82.9 Å². The van der Waals surface area contributed by atoms with Crippen LogP contribution in [0.1, 0.15) is 41.9 Å². The maximum atomic E-state index is 13.7. The van der Waals surface area contributed by atoms with Crippen LogP contribution in [0, 0.1) is 18.3 Å². The maximum Gasteiger partial charge on any atom is 0.331 e. The van der Waals surface area contributed by atoms with Gasteiger partial charge in [0, 0.05) is 30.9 Å². The van der Waals surface area contributed by atoms with E-state index in [9.17, 15) is 19.6 Å². The van der Waals surface area contributed by atoms with Crippen molar-refractivity contribution >= 4 is 56.5 Å². The standard InChI is InChI=1S/C36H37N7O4S/c1-22-18-26(47-25-11-7-6-8-12-25)13-14-27(22)43-28-15-16-38-33-29(28)30(40-35(43)46)31(48-33)32(44)39-24-10-9-17-42(21-24)34(45)23(20-37)19-36(2,3)41(4)5/h6-8,11-16,18-19,24H,9-10,17,21H2,1-5H3,(H,39,44)(H,40,46)/b23-19-/t24-/m1/s1. The number of nitrogens with zero attached hydrogens (tertiary/aromatic N) is 5. The number of aromatic nitrogens is 1. The van der Waals surface area contributed by atoms with E-state index < -0.39 is 11.6 Å². The van der Waals surface area contributed by atoms with Gasteiger partial charge >= 0.3 is 6.03 Å². The molecule has 0 radical (unpaired) electrons. The zero-order valence-corrected chi connectivity index (χ0v) is 28.4. The Morgan fingerprint density at radius 3 is 2.62 bits per heavy atom. The number of pyridine rings is 1. The molecule has 1 saturated heterocycles. The van der Waals surface area contributed by atoms with Crippen molar-refractivity contribution in [3.8, 4) is 17.6 Å². The molecule has 0 aliphatic carbocycles. The SMILES string of the molecule is Cc1cc(Oc2ccccc2)ccc1N1C(=O)Nc2c(C(=O)N[C@@H]3CCCN(C(=O)/C(C#N)=C\C(C)(C)N(C)C)C3)sc3nccc1c23. The summed E-state index contributed by atoms with van der Waals surface area (Å²) in [5, 5.41) is 16.5. The second-order valence-electron chi connectivity index (χ2n) is 12.7. The lowest BCUT2D eigenvalue weighted by molar-refractivity contribution is -0.128. The van der Waals surface area contributed by atoms with Crippen molar-refractivity contribution in [2.24, 2.45) is 0 Å². The fourth-order valence-corrected chi connectivity index (χ4v) is 6.90. The fourth-order valence-electron chi connectivity index (χ4n) is 5.88. The second kappa shape index (κ2) is 13.1. The monoisotopic (exact) mass is 663 g/mol. The number of hydrogen-bond acceptors (Lipinski definition) is 8. The highest BCUT2D eigenvalue weighted by molar-refractivity contribution is 7.21. The highest BCUT2D eigenvalue weighted by Gasteiger charge is 2.35. The number of rotatable bonds is 8. The number of thiophene rings is 1. The zero-order valence-electron chi connectivity index (χ0n) is 27.5. The molecule has 246 valence electrons. The van der Waals surface area contributed by atoms with Gasteiger partial charge in [-0.3, -0.25) is 14.5 Å². The molecule has 4 aromatic rings. The number of likely N-dealkylation sites (tertiary alicyclic amines) is 1. The first-order chi connectivity index (χ1) is 23.0. The number of benzene rings is 2. The van der Waals surface area contributed by atoms with Crippen molar-refractivity contribution in [2.45, 2.75) is 45.2 Å². The van der Waals surface area contributed by atoms with Gasteiger partial charge in [0.2, 0.25) is 0 Å². The molecule has 0 unspecified atom stereocenters. The van der Waals surface area contributed by atoms with Gasteiger partial charge in [0.1, 0.15) is 32.8 Å². The van der Waals surface area contributed by atoms with E-state index in [1.165, 1.54) is 11.3 Å². The summed E-state index contributed by atoms with van der Waals surface area (Å²) < 4.78 is 5.99. The van der Waals surface area contributed by atoms with Crippen LogP contribution in [0.5, 0.6) is 11.5 Å². The molecule has 11 nitrogen and oxygen atoms in total. The minimum atomic E-state index is -0.488. The number of para-hydroxylation sites is 1. The van der Waals surface area contributed by atoms with Crippen molar-refractivity contribution in [2.75, 3.05) is 37.4 Å². The van der Waals surface area contributed by atoms with Gasteiger partial charge in [0.25, 0.3) is 11.8 Å². The van der Waals surface area contributed by atoms with Crippen LogP contribution in [-0.4, -0.2) is 71.4 Å². The van der Waals surface area contributed by atoms with E-state index in [2.05, 4.69) is 21.7 Å². The Balaban J connectivity index is 1.22. The van der Waals surface area contributed by atoms with Gasteiger partial charge in [-0.05, 0) is 95.7 Å². The first-order valence-corrected chi connectivity index (χ1v) is 16.5. The first-order valence-electron chi connectivity index (χ1n) is 15.7. The van der Waals surface area contributed by atoms with Crippen LogP contribution in [0.2, 0.25) is 0 Å². The lowest BCUT2D eigenvalue weighted by atomic mass is 9.98. The molecule has 2 aromatic carbocycles. The number of likely N-dealkylation sites (N-methyl/N-ethyl adjacent to an activating group) is 1. The van der Waals surface area contributed by atoms with Crippen molar-refractivity contribution in [1.82, 2.24) is 20.1 Å². The molecule has 4 heterocycles. The van der Waals surface area contributed by atoms with Crippen LogP contribution >= 0.6 is 11.3 Å². The summed E-state index contributed by atoms with van der Waals surface area (Å²) in [6.07, 6.45) is 4.68. The molecule has 48 heavy (non-hydrogen) atoms. The third-order valence-electron chi connectivity index (χ3n) is 8.89. The van der Waals surface area contributed by atoms with Crippen LogP contribution in [-0.2, 0) is 4.79 Å². The molecular weight excluding hydrogens is 627 g/mol. The molecule has 2 aliphatic rings. The number of piperidine rings is 1. The van der Waals surface area contributed by atoms with E-state index in [1.807, 2.05) is 88.3 Å². The van der Waals surface area contributed by atoms with Crippen LogP contribution in [0.4, 0.5) is 21.9 Å². The quantitative estimate of drug-likeness (QED) is 0.161. The smallest absolute Gasteiger partial charge is 0.331 e. The van der Waals surface area contributed by atoms with Crippen LogP contribution in [0.25, 0.3) is 10.2 Å². The van der Waals surface area contributed by atoms with Crippen molar-refractivity contribution in [3.63, 3.8) is 0 Å². The Morgan fingerprint density at radius 1 is 1.15 bits per heavy atom. The molecule has 2 N–H and O–H groups in total. The van der Waals surface area contributed by atoms with Gasteiger partial charge in [0.05, 0.1) is 22.4 Å². The molecule has 0 bridgehead atoms. The third kappa shape index (κ3) is 6.34. The molecular formula is C36H37N7O4S. The summed E-state index contributed by atoms with van der Waals surface area (Å²) in [5.74, 6) is 0.662. The average molecular weight is 664 g/mol. The van der Waals surface area contributed by atoms with E-state index in [-0.39, 0.29) is 30.0 Å². The number of carbonyl (C=O) groups excluding carboxylic acids is 3. The number of anilines is 3. The number of hydrogen-bond donors (Lipinski definition) is 2. The summed E-state index contributed by atoms with van der Waals surface area (Å²) in [6.45, 7) is 6.56. The number of ether oxygens (including phenoxy) is 1. The molecule has 12 heteroatoms. The average Bonchev–Trinajstić information content (AvgIpc) is 3.44. The minimum Gasteiger partial charge on any atom is -0.457 e. The summed E-state index contributed by atoms with van der Waals surface area (Å²) in [7, 11) is 3.78. The Morgan fingerprint density at radius 2 is 1.92 bits per heavy atom. The molecule has 4 amide bonds. The number of carbonyl (C=O) groups is 3. The Hall–Kier alpha value is -5.25. The van der Waals surface area contributed by atoms with E-state index in [4.69, 9.17) is 4.74 Å². The molecule has 2 aromatic heterocycles. The van der Waals surface area contributed by atoms with E-state index >= 15 is 0 Å². The van der Waals surface area contributed by atoms with Gasteiger partial charge in [-0.2, -0.15) is 5.26 Å². The topological polar surface area (TPSA) is 131 Å². The zero-order chi connectivity index (χ0) is 34.2. The van der Waals surface area contributed by atoms with Crippen molar-refractivity contribution < 1.29 is 19.1 Å². The van der Waals surface area contributed by atoms with Crippen molar-refractivity contribution in [1.29, 1.82) is 5.26 Å². The minimum absolute atomic E-state index is 0.0779. The summed E-state index contributed by atoms with van der Waals surface area (Å²) in [4.78, 5) is 51.4. The summed E-state index contributed by atoms with van der Waals surface area (Å²) in [5.41, 5.74) is 2.14. The highest BCUT2D eigenvalue weighted by atomic mass is 32.1. The number of nitrogens with one attached hydrogen (secondary N) is 2. The molecule has 1 fully saturated rings. The van der Waals surface area contributed by atoms with E-state index in [1.54, 1.807) is 28.1 Å². The Labute approximate surface area is 283 Å². The highest BCUT2D eigenvalue weighted by Crippen LogP contribution is 2.46. The molecule has 0 saturated carbocycles. The second-order valence-corrected chi connectivity index (χ2v) is 13.7. The Kier molecular flexibility index (Phi) is 8.92. The fraction of sp³-hybridized carbons (Fsp3) is 0.306. The van der Waals surface area contributed by atoms with Crippen LogP contribution in [0.15, 0.2) is 72.4 Å². The lowest BCUT2D eigenvalue weighted by Gasteiger charge is -2.34. The predicted octanol–water partition coefficient (Wildman–Crippen LogP) is 6.59. The number of nitriles is 1. The lowest BCUT2D eigenvalue weighted by Crippen LogP contribution is -2.50. The van der Waals surface area contributed by atoms with Crippen LogP contribution < -0.4 is 20.3 Å². The molecule has 6 rings (SSSR count). The predicted molar refractivity (Wildman–Crippen MR) is 187 cm³/mol. The Bertz CT molecular complexity index is 1980. The first kappa shape index (κ1) is 32.7. The van der Waals surface area contributed by atoms with Crippen LogP contribution in [0.3, 0.4) is 0 Å². The van der Waals surface area contributed by atoms with Gasteiger partial charge in [-0.15, -0.1) is 11.3 Å². The molecule has 2 aliphatic heterocycles. The van der Waals surface area contributed by atoms with E-state index in [0.29, 0.717) is 63.0 Å². The third-order valence-corrected chi connectivity index (χ3v) is 9.98. The molecule has 0 spiro atoms. The largest absolute Gasteiger partial charge is 0.457 e.